The third kappa shape index (κ3) is 1.73. The van der Waals surface area contributed by atoms with Crippen LogP contribution in [-0.2, 0) is 11.2 Å². The lowest BCUT2D eigenvalue weighted by Crippen LogP contribution is -2.32. The summed E-state index contributed by atoms with van der Waals surface area (Å²) >= 11 is 0. The number of aromatic nitrogens is 1. The standard InChI is InChI=1S/C17H17NO2/c19-16(20)17(9-12-7-13(12)10-17)8-11-5-6-18-15-4-2-1-3-14(11)15/h1-6,12-13H,7-10H2,(H,19,20). The number of fused-ring (bicyclic) bond motifs is 2. The minimum atomic E-state index is -0.620. The molecular weight excluding hydrogens is 250 g/mol. The van der Waals surface area contributed by atoms with E-state index in [1.54, 1.807) is 6.20 Å². The van der Waals surface area contributed by atoms with Crippen LogP contribution in [0.15, 0.2) is 36.5 Å². The summed E-state index contributed by atoms with van der Waals surface area (Å²) in [5.74, 6) is 0.712. The largest absolute Gasteiger partial charge is 0.481 e. The van der Waals surface area contributed by atoms with Crippen molar-refractivity contribution in [1.82, 2.24) is 4.98 Å². The lowest BCUT2D eigenvalue weighted by molar-refractivity contribution is -0.149. The lowest BCUT2D eigenvalue weighted by Gasteiger charge is -2.26. The third-order valence-corrected chi connectivity index (χ3v) is 5.10. The molecule has 0 spiro atoms. The van der Waals surface area contributed by atoms with Gasteiger partial charge in [0.2, 0.25) is 0 Å². The summed E-state index contributed by atoms with van der Waals surface area (Å²) in [6.07, 6.45) is 5.38. The average molecular weight is 267 g/mol. The van der Waals surface area contributed by atoms with Crippen LogP contribution in [0.1, 0.15) is 24.8 Å². The van der Waals surface area contributed by atoms with Gasteiger partial charge in [-0.2, -0.15) is 0 Å². The van der Waals surface area contributed by atoms with Crippen molar-refractivity contribution >= 4 is 16.9 Å². The second-order valence-electron chi connectivity index (χ2n) is 6.41. The molecule has 2 saturated carbocycles. The van der Waals surface area contributed by atoms with Crippen molar-refractivity contribution in [1.29, 1.82) is 0 Å². The Labute approximate surface area is 117 Å². The number of hydrogen-bond donors (Lipinski definition) is 1. The number of carboxylic acid groups (broad SMARTS) is 1. The molecule has 1 aromatic carbocycles. The van der Waals surface area contributed by atoms with E-state index in [1.807, 2.05) is 30.3 Å². The highest BCUT2D eigenvalue weighted by atomic mass is 16.4. The van der Waals surface area contributed by atoms with Gasteiger partial charge in [-0.15, -0.1) is 0 Å². The summed E-state index contributed by atoms with van der Waals surface area (Å²) in [5, 5.41) is 10.8. The summed E-state index contributed by atoms with van der Waals surface area (Å²) in [7, 11) is 0. The summed E-state index contributed by atoms with van der Waals surface area (Å²) in [6, 6.07) is 9.97. The number of benzene rings is 1. The average Bonchev–Trinajstić information content (AvgIpc) is 3.07. The summed E-state index contributed by atoms with van der Waals surface area (Å²) in [4.78, 5) is 16.2. The topological polar surface area (TPSA) is 50.2 Å². The molecule has 0 amide bonds. The van der Waals surface area contributed by atoms with Crippen LogP contribution >= 0.6 is 0 Å². The van der Waals surface area contributed by atoms with Crippen molar-refractivity contribution in [3.63, 3.8) is 0 Å². The quantitative estimate of drug-likeness (QED) is 0.928. The number of rotatable bonds is 3. The first-order chi connectivity index (χ1) is 9.68. The molecule has 2 atom stereocenters. The van der Waals surface area contributed by atoms with Crippen molar-refractivity contribution < 1.29 is 9.90 Å². The number of carbonyl (C=O) groups is 1. The van der Waals surface area contributed by atoms with Gasteiger partial charge in [-0.05, 0) is 55.2 Å². The number of para-hydroxylation sites is 1. The zero-order valence-corrected chi connectivity index (χ0v) is 11.2. The van der Waals surface area contributed by atoms with Gasteiger partial charge in [0.1, 0.15) is 0 Å². The number of carboxylic acids is 1. The van der Waals surface area contributed by atoms with E-state index in [9.17, 15) is 9.90 Å². The molecule has 2 aromatic rings. The van der Waals surface area contributed by atoms with Gasteiger partial charge in [-0.1, -0.05) is 18.2 Å². The van der Waals surface area contributed by atoms with Crippen molar-refractivity contribution in [3.05, 3.63) is 42.1 Å². The molecule has 2 fully saturated rings. The Morgan fingerprint density at radius 2 is 2.00 bits per heavy atom. The number of nitrogens with zero attached hydrogens (tertiary/aromatic N) is 1. The molecule has 0 saturated heterocycles. The SMILES string of the molecule is O=C(O)C1(Cc2ccnc3ccccc23)CC2CC2C1. The normalized spacial score (nSPS) is 31.2. The molecule has 1 N–H and O–H groups in total. The van der Waals surface area contributed by atoms with Gasteiger partial charge >= 0.3 is 5.97 Å². The fourth-order valence-corrected chi connectivity index (χ4v) is 3.97. The number of hydrogen-bond acceptors (Lipinski definition) is 2. The lowest BCUT2D eigenvalue weighted by atomic mass is 9.77. The maximum Gasteiger partial charge on any atom is 0.309 e. The maximum atomic E-state index is 11.8. The molecule has 4 rings (SSSR count). The van der Waals surface area contributed by atoms with Crippen LogP contribution in [-0.4, -0.2) is 16.1 Å². The molecule has 2 aliphatic carbocycles. The van der Waals surface area contributed by atoms with Crippen molar-refractivity contribution in [2.24, 2.45) is 17.3 Å². The second kappa shape index (κ2) is 4.05. The van der Waals surface area contributed by atoms with E-state index in [4.69, 9.17) is 0 Å². The molecule has 3 heteroatoms. The van der Waals surface area contributed by atoms with Crippen molar-refractivity contribution in [2.45, 2.75) is 25.7 Å². The Morgan fingerprint density at radius 1 is 1.25 bits per heavy atom. The van der Waals surface area contributed by atoms with Crippen molar-refractivity contribution in [3.8, 4) is 0 Å². The predicted molar refractivity (Wildman–Crippen MR) is 76.3 cm³/mol. The molecule has 2 aliphatic rings. The van der Waals surface area contributed by atoms with Crippen molar-refractivity contribution in [2.75, 3.05) is 0 Å². The Morgan fingerprint density at radius 3 is 2.75 bits per heavy atom. The fourth-order valence-electron chi connectivity index (χ4n) is 3.97. The first kappa shape index (κ1) is 11.9. The number of aliphatic carboxylic acids is 1. The van der Waals surface area contributed by atoms with Gasteiger partial charge in [-0.25, -0.2) is 0 Å². The molecule has 1 aromatic heterocycles. The van der Waals surface area contributed by atoms with Crippen LogP contribution in [0, 0.1) is 17.3 Å². The monoisotopic (exact) mass is 267 g/mol. The fraction of sp³-hybridized carbons (Fsp3) is 0.412. The van der Waals surface area contributed by atoms with Gasteiger partial charge < -0.3 is 5.11 Å². The van der Waals surface area contributed by atoms with Crippen LogP contribution in [0.25, 0.3) is 10.9 Å². The van der Waals surface area contributed by atoms with Gasteiger partial charge in [0.15, 0.2) is 0 Å². The molecule has 20 heavy (non-hydrogen) atoms. The zero-order chi connectivity index (χ0) is 13.7. The van der Waals surface area contributed by atoms with Gasteiger partial charge in [0.05, 0.1) is 10.9 Å². The first-order valence-electron chi connectivity index (χ1n) is 7.24. The van der Waals surface area contributed by atoms with E-state index in [0.29, 0.717) is 18.3 Å². The van der Waals surface area contributed by atoms with E-state index in [1.165, 1.54) is 6.42 Å². The first-order valence-corrected chi connectivity index (χ1v) is 7.24. The van der Waals surface area contributed by atoms with E-state index in [2.05, 4.69) is 4.98 Å². The molecule has 0 radical (unpaired) electrons. The Hall–Kier alpha value is -1.90. The molecule has 102 valence electrons. The van der Waals surface area contributed by atoms with Crippen LogP contribution in [0.4, 0.5) is 0 Å². The summed E-state index contributed by atoms with van der Waals surface area (Å²) in [6.45, 7) is 0. The molecular formula is C17H17NO2. The van der Waals surface area contributed by atoms with Crippen LogP contribution in [0.2, 0.25) is 0 Å². The number of pyridine rings is 1. The molecule has 2 unspecified atom stereocenters. The molecule has 0 aliphatic heterocycles. The predicted octanol–water partition coefficient (Wildman–Crippen LogP) is 3.28. The summed E-state index contributed by atoms with van der Waals surface area (Å²) in [5.41, 5.74) is 1.53. The van der Waals surface area contributed by atoms with Gasteiger partial charge in [0, 0.05) is 11.6 Å². The Kier molecular flexibility index (Phi) is 2.40. The van der Waals surface area contributed by atoms with E-state index < -0.39 is 11.4 Å². The van der Waals surface area contributed by atoms with E-state index in [-0.39, 0.29) is 0 Å². The van der Waals surface area contributed by atoms with Gasteiger partial charge in [0.25, 0.3) is 0 Å². The zero-order valence-electron chi connectivity index (χ0n) is 11.2. The van der Waals surface area contributed by atoms with Gasteiger partial charge in [-0.3, -0.25) is 9.78 Å². The highest BCUT2D eigenvalue weighted by molar-refractivity contribution is 5.83. The second-order valence-corrected chi connectivity index (χ2v) is 6.41. The molecule has 3 nitrogen and oxygen atoms in total. The van der Waals surface area contributed by atoms with Crippen LogP contribution in [0.5, 0.6) is 0 Å². The highest BCUT2D eigenvalue weighted by Gasteiger charge is 2.57. The van der Waals surface area contributed by atoms with E-state index >= 15 is 0 Å². The highest BCUT2D eigenvalue weighted by Crippen LogP contribution is 2.61. The minimum Gasteiger partial charge on any atom is -0.481 e. The van der Waals surface area contributed by atoms with Crippen LogP contribution in [0.3, 0.4) is 0 Å². The van der Waals surface area contributed by atoms with Crippen LogP contribution < -0.4 is 0 Å². The maximum absolute atomic E-state index is 11.8. The molecule has 1 heterocycles. The Balaban J connectivity index is 1.74. The minimum absolute atomic E-state index is 0.544. The Bertz CT molecular complexity index is 679. The smallest absolute Gasteiger partial charge is 0.309 e. The third-order valence-electron chi connectivity index (χ3n) is 5.10. The summed E-state index contributed by atoms with van der Waals surface area (Å²) < 4.78 is 0. The molecule has 0 bridgehead atoms. The van der Waals surface area contributed by atoms with E-state index in [0.717, 1.165) is 29.3 Å².